The molecule has 0 spiro atoms. The van der Waals surface area contributed by atoms with Gasteiger partial charge in [0.2, 0.25) is 5.91 Å². The van der Waals surface area contributed by atoms with Crippen LogP contribution in [-0.2, 0) is 4.79 Å². The van der Waals surface area contributed by atoms with Crippen molar-refractivity contribution in [2.45, 2.75) is 58.8 Å². The van der Waals surface area contributed by atoms with E-state index in [-0.39, 0.29) is 5.91 Å². The molecule has 0 heterocycles. The highest BCUT2D eigenvalue weighted by Crippen LogP contribution is 2.35. The number of nitrogens with two attached hydrogens (primary N) is 1. The number of carbonyl (C=O) groups excluding carboxylic acids is 1. The standard InChI is InChI=1S/C16H31N3OS/c1-3-19(4-2)13-9-12-18-15(20)16(14(17)21)10-7-5-6-8-11-16/h3-13H2,1-2H3,(H2,17,21)(H,18,20). The molecule has 122 valence electrons. The third kappa shape index (κ3) is 5.22. The number of hydrogen-bond donors (Lipinski definition) is 2. The molecular formula is C16H31N3OS. The number of nitrogens with one attached hydrogen (secondary N) is 1. The Morgan fingerprint density at radius 3 is 2.24 bits per heavy atom. The monoisotopic (exact) mass is 313 g/mol. The van der Waals surface area contributed by atoms with E-state index in [9.17, 15) is 4.79 Å². The first-order chi connectivity index (χ1) is 10.1. The zero-order valence-electron chi connectivity index (χ0n) is 13.6. The minimum atomic E-state index is -0.596. The van der Waals surface area contributed by atoms with Crippen LogP contribution in [0.5, 0.6) is 0 Å². The molecule has 1 aliphatic rings. The van der Waals surface area contributed by atoms with Crippen LogP contribution in [0.25, 0.3) is 0 Å². The second-order valence-electron chi connectivity index (χ2n) is 6.00. The van der Waals surface area contributed by atoms with E-state index < -0.39 is 5.41 Å². The molecule has 0 aromatic rings. The molecule has 1 amide bonds. The van der Waals surface area contributed by atoms with Crippen LogP contribution >= 0.6 is 12.2 Å². The minimum absolute atomic E-state index is 0.0523. The van der Waals surface area contributed by atoms with E-state index in [2.05, 4.69) is 24.1 Å². The predicted molar refractivity (Wildman–Crippen MR) is 92.3 cm³/mol. The van der Waals surface area contributed by atoms with Crippen LogP contribution < -0.4 is 11.1 Å². The molecule has 0 aromatic carbocycles. The van der Waals surface area contributed by atoms with Crippen molar-refractivity contribution in [3.63, 3.8) is 0 Å². The Kier molecular flexibility index (Phi) is 8.19. The van der Waals surface area contributed by atoms with Crippen LogP contribution in [0.15, 0.2) is 0 Å². The van der Waals surface area contributed by atoms with Gasteiger partial charge in [0.15, 0.2) is 0 Å². The van der Waals surface area contributed by atoms with Gasteiger partial charge in [-0.1, -0.05) is 51.7 Å². The molecule has 1 saturated carbocycles. The van der Waals surface area contributed by atoms with Crippen molar-refractivity contribution in [1.29, 1.82) is 0 Å². The van der Waals surface area contributed by atoms with Gasteiger partial charge in [-0.05, 0) is 38.9 Å². The molecule has 0 bridgehead atoms. The normalized spacial score (nSPS) is 18.2. The van der Waals surface area contributed by atoms with Crippen molar-refractivity contribution in [2.75, 3.05) is 26.2 Å². The van der Waals surface area contributed by atoms with Crippen molar-refractivity contribution >= 4 is 23.1 Å². The predicted octanol–water partition coefficient (Wildman–Crippen LogP) is 2.46. The van der Waals surface area contributed by atoms with E-state index in [1.54, 1.807) is 0 Å². The molecule has 5 heteroatoms. The fourth-order valence-corrected chi connectivity index (χ4v) is 3.43. The average molecular weight is 314 g/mol. The maximum absolute atomic E-state index is 12.6. The fourth-order valence-electron chi connectivity index (χ4n) is 3.13. The van der Waals surface area contributed by atoms with Gasteiger partial charge in [0.05, 0.1) is 10.4 Å². The second-order valence-corrected chi connectivity index (χ2v) is 6.44. The summed E-state index contributed by atoms with van der Waals surface area (Å²) < 4.78 is 0. The number of thiocarbonyl (C=S) groups is 1. The van der Waals surface area contributed by atoms with E-state index >= 15 is 0 Å². The molecule has 0 aliphatic heterocycles. The summed E-state index contributed by atoms with van der Waals surface area (Å²) in [6, 6.07) is 0. The van der Waals surface area contributed by atoms with E-state index in [1.807, 2.05) is 0 Å². The number of amides is 1. The van der Waals surface area contributed by atoms with Gasteiger partial charge >= 0.3 is 0 Å². The van der Waals surface area contributed by atoms with Gasteiger partial charge in [0.25, 0.3) is 0 Å². The maximum Gasteiger partial charge on any atom is 0.233 e. The Morgan fingerprint density at radius 2 is 1.76 bits per heavy atom. The van der Waals surface area contributed by atoms with Crippen LogP contribution in [0.3, 0.4) is 0 Å². The van der Waals surface area contributed by atoms with Gasteiger partial charge in [0.1, 0.15) is 0 Å². The van der Waals surface area contributed by atoms with Gasteiger partial charge in [-0.2, -0.15) is 0 Å². The lowest BCUT2D eigenvalue weighted by atomic mass is 9.79. The highest BCUT2D eigenvalue weighted by Gasteiger charge is 2.41. The molecule has 1 rings (SSSR count). The molecule has 0 aromatic heterocycles. The van der Waals surface area contributed by atoms with Gasteiger partial charge in [-0.3, -0.25) is 4.79 Å². The van der Waals surface area contributed by atoms with Crippen molar-refractivity contribution < 1.29 is 4.79 Å². The molecule has 0 radical (unpaired) electrons. The molecule has 1 fully saturated rings. The zero-order chi connectivity index (χ0) is 15.7. The SMILES string of the molecule is CCN(CC)CCCNC(=O)C1(C(N)=S)CCCCCC1. The van der Waals surface area contributed by atoms with Gasteiger partial charge in [-0.15, -0.1) is 0 Å². The van der Waals surface area contributed by atoms with Crippen molar-refractivity contribution in [1.82, 2.24) is 10.2 Å². The molecule has 0 saturated heterocycles. The second kappa shape index (κ2) is 9.36. The summed E-state index contributed by atoms with van der Waals surface area (Å²) in [5.74, 6) is 0.0523. The lowest BCUT2D eigenvalue weighted by molar-refractivity contribution is -0.128. The Bertz CT molecular complexity index is 334. The van der Waals surface area contributed by atoms with Crippen LogP contribution in [0.4, 0.5) is 0 Å². The quantitative estimate of drug-likeness (QED) is 0.410. The average Bonchev–Trinajstić information content (AvgIpc) is 2.74. The van der Waals surface area contributed by atoms with Gasteiger partial charge in [0, 0.05) is 6.54 Å². The van der Waals surface area contributed by atoms with Crippen LogP contribution in [0.1, 0.15) is 58.8 Å². The van der Waals surface area contributed by atoms with E-state index in [1.165, 1.54) is 12.8 Å². The van der Waals surface area contributed by atoms with Gasteiger partial charge in [-0.25, -0.2) is 0 Å². The summed E-state index contributed by atoms with van der Waals surface area (Å²) >= 11 is 5.23. The molecule has 1 aliphatic carbocycles. The molecular weight excluding hydrogens is 282 g/mol. The highest BCUT2D eigenvalue weighted by molar-refractivity contribution is 7.80. The van der Waals surface area contributed by atoms with Crippen molar-refractivity contribution in [3.05, 3.63) is 0 Å². The van der Waals surface area contributed by atoms with Crippen LogP contribution in [0.2, 0.25) is 0 Å². The lowest BCUT2D eigenvalue weighted by Gasteiger charge is -2.30. The summed E-state index contributed by atoms with van der Waals surface area (Å²) in [6.07, 6.45) is 7.04. The summed E-state index contributed by atoms with van der Waals surface area (Å²) in [4.78, 5) is 15.3. The molecule has 3 N–H and O–H groups in total. The maximum atomic E-state index is 12.6. The van der Waals surface area contributed by atoms with Crippen LogP contribution in [-0.4, -0.2) is 42.0 Å². The van der Waals surface area contributed by atoms with Crippen molar-refractivity contribution in [3.8, 4) is 0 Å². The van der Waals surface area contributed by atoms with Gasteiger partial charge < -0.3 is 16.0 Å². The fraction of sp³-hybridized carbons (Fsp3) is 0.875. The third-order valence-electron chi connectivity index (χ3n) is 4.69. The minimum Gasteiger partial charge on any atom is -0.392 e. The van der Waals surface area contributed by atoms with Crippen molar-refractivity contribution in [2.24, 2.45) is 11.1 Å². The smallest absolute Gasteiger partial charge is 0.233 e. The third-order valence-corrected chi connectivity index (χ3v) is 5.09. The number of rotatable bonds is 8. The Morgan fingerprint density at radius 1 is 1.19 bits per heavy atom. The first kappa shape index (κ1) is 18.4. The zero-order valence-corrected chi connectivity index (χ0v) is 14.4. The summed E-state index contributed by atoms with van der Waals surface area (Å²) in [7, 11) is 0. The highest BCUT2D eigenvalue weighted by atomic mass is 32.1. The Hall–Kier alpha value is -0.680. The Labute approximate surface area is 134 Å². The first-order valence-electron chi connectivity index (χ1n) is 8.37. The molecule has 0 unspecified atom stereocenters. The molecule has 0 atom stereocenters. The van der Waals surface area contributed by atoms with E-state index in [0.717, 1.165) is 51.7 Å². The summed E-state index contributed by atoms with van der Waals surface area (Å²) in [5, 5.41) is 3.07. The van der Waals surface area contributed by atoms with E-state index in [4.69, 9.17) is 18.0 Å². The Balaban J connectivity index is 2.48. The first-order valence-corrected chi connectivity index (χ1v) is 8.78. The topological polar surface area (TPSA) is 58.4 Å². The molecule has 4 nitrogen and oxygen atoms in total. The number of nitrogens with zero attached hydrogens (tertiary/aromatic N) is 1. The number of carbonyl (C=O) groups is 1. The molecule has 21 heavy (non-hydrogen) atoms. The summed E-state index contributed by atoms with van der Waals surface area (Å²) in [6.45, 7) is 8.17. The van der Waals surface area contributed by atoms with E-state index in [0.29, 0.717) is 11.5 Å². The van der Waals surface area contributed by atoms with Crippen LogP contribution in [0, 0.1) is 5.41 Å². The number of hydrogen-bond acceptors (Lipinski definition) is 3. The lowest BCUT2D eigenvalue weighted by Crippen LogP contribution is -2.49. The largest absolute Gasteiger partial charge is 0.392 e. The summed E-state index contributed by atoms with van der Waals surface area (Å²) in [5.41, 5.74) is 5.33.